The van der Waals surface area contributed by atoms with Gasteiger partial charge in [0.25, 0.3) is 0 Å². The van der Waals surface area contributed by atoms with Crippen molar-refractivity contribution in [3.05, 3.63) is 28.8 Å². The second-order valence-electron chi connectivity index (χ2n) is 7.07. The van der Waals surface area contributed by atoms with Crippen LogP contribution >= 0.6 is 0 Å². The molecular weight excluding hydrogens is 264 g/mol. The van der Waals surface area contributed by atoms with Crippen LogP contribution in [0.4, 0.5) is 0 Å². The largest absolute Gasteiger partial charge is 0.507 e. The number of hydrogen-bond donors (Lipinski definition) is 3. The van der Waals surface area contributed by atoms with Crippen LogP contribution in [0.25, 0.3) is 0 Å². The Hall–Kier alpha value is -1.10. The molecule has 1 atom stereocenters. The molecule has 21 heavy (non-hydrogen) atoms. The predicted octanol–water partition coefficient (Wildman–Crippen LogP) is 1.94. The fourth-order valence-corrected chi connectivity index (χ4v) is 2.87. The number of aliphatic hydroxyl groups excluding tert-OH is 1. The molecule has 0 radical (unpaired) electrons. The molecule has 3 N–H and O–H groups in total. The lowest BCUT2D eigenvalue weighted by atomic mass is 9.83. The first-order valence-electron chi connectivity index (χ1n) is 7.74. The number of hydrogen-bond acceptors (Lipinski definition) is 4. The predicted molar refractivity (Wildman–Crippen MR) is 85.8 cm³/mol. The number of aryl methyl sites for hydroxylation is 1. The van der Waals surface area contributed by atoms with Crippen molar-refractivity contribution in [3.8, 4) is 5.75 Å². The monoisotopic (exact) mass is 292 g/mol. The molecule has 2 rings (SSSR count). The number of aromatic hydroxyl groups is 1. The topological polar surface area (TPSA) is 55.7 Å². The van der Waals surface area contributed by atoms with Gasteiger partial charge in [-0.15, -0.1) is 0 Å². The van der Waals surface area contributed by atoms with Gasteiger partial charge in [-0.05, 0) is 24.0 Å². The van der Waals surface area contributed by atoms with Crippen LogP contribution in [-0.4, -0.2) is 47.8 Å². The number of phenols is 1. The average molecular weight is 292 g/mol. The summed E-state index contributed by atoms with van der Waals surface area (Å²) in [6.07, 6.45) is -0.649. The van der Waals surface area contributed by atoms with Crippen LogP contribution in [-0.2, 0) is 5.41 Å². The van der Waals surface area contributed by atoms with E-state index >= 15 is 0 Å². The van der Waals surface area contributed by atoms with Crippen LogP contribution in [0.15, 0.2) is 12.1 Å². The molecule has 0 bridgehead atoms. The van der Waals surface area contributed by atoms with Gasteiger partial charge in [0.2, 0.25) is 0 Å². The maximum Gasteiger partial charge on any atom is 0.125 e. The summed E-state index contributed by atoms with van der Waals surface area (Å²) in [7, 11) is 0. The van der Waals surface area contributed by atoms with Gasteiger partial charge in [-0.2, -0.15) is 0 Å². The average Bonchev–Trinajstić information content (AvgIpc) is 2.40. The Morgan fingerprint density at radius 1 is 1.24 bits per heavy atom. The molecular formula is C17H28N2O2. The Bertz CT molecular complexity index is 488. The zero-order chi connectivity index (χ0) is 15.6. The highest BCUT2D eigenvalue weighted by Gasteiger charge is 2.24. The van der Waals surface area contributed by atoms with Crippen molar-refractivity contribution in [1.29, 1.82) is 0 Å². The molecule has 0 saturated carbocycles. The number of aliphatic hydroxyl groups is 1. The van der Waals surface area contributed by atoms with E-state index in [0.717, 1.165) is 37.3 Å². The Kier molecular flexibility index (Phi) is 4.91. The first kappa shape index (κ1) is 16.3. The summed E-state index contributed by atoms with van der Waals surface area (Å²) < 4.78 is 0. The van der Waals surface area contributed by atoms with E-state index in [9.17, 15) is 10.2 Å². The van der Waals surface area contributed by atoms with Gasteiger partial charge in [-0.3, -0.25) is 4.90 Å². The zero-order valence-electron chi connectivity index (χ0n) is 13.6. The van der Waals surface area contributed by atoms with Crippen LogP contribution < -0.4 is 5.32 Å². The minimum atomic E-state index is -0.649. The zero-order valence-corrected chi connectivity index (χ0v) is 13.6. The number of benzene rings is 1. The molecule has 1 aliphatic heterocycles. The quantitative estimate of drug-likeness (QED) is 0.797. The molecule has 1 fully saturated rings. The first-order chi connectivity index (χ1) is 9.79. The smallest absolute Gasteiger partial charge is 0.125 e. The molecule has 1 unspecified atom stereocenters. The molecule has 1 heterocycles. The van der Waals surface area contributed by atoms with Gasteiger partial charge >= 0.3 is 0 Å². The van der Waals surface area contributed by atoms with E-state index in [2.05, 4.69) is 31.0 Å². The van der Waals surface area contributed by atoms with Crippen molar-refractivity contribution < 1.29 is 10.2 Å². The van der Waals surface area contributed by atoms with Crippen LogP contribution in [0, 0.1) is 6.92 Å². The molecule has 0 aromatic heterocycles. The number of piperazine rings is 1. The van der Waals surface area contributed by atoms with Gasteiger partial charge in [0.05, 0.1) is 6.10 Å². The standard InChI is InChI=1S/C17H28N2O2/c1-12-9-13(16(21)14(10-12)17(2,3)4)15(20)11-19-7-5-18-6-8-19/h9-10,15,18,20-21H,5-8,11H2,1-4H3. The third kappa shape index (κ3) is 3.96. The van der Waals surface area contributed by atoms with Crippen molar-refractivity contribution in [2.45, 2.75) is 39.2 Å². The number of rotatable bonds is 3. The Morgan fingerprint density at radius 2 is 1.86 bits per heavy atom. The van der Waals surface area contributed by atoms with E-state index in [-0.39, 0.29) is 11.2 Å². The molecule has 0 aliphatic carbocycles. The van der Waals surface area contributed by atoms with Crippen LogP contribution in [0.3, 0.4) is 0 Å². The summed E-state index contributed by atoms with van der Waals surface area (Å²) in [5, 5.41) is 24.4. The fraction of sp³-hybridized carbons (Fsp3) is 0.647. The van der Waals surface area contributed by atoms with Crippen molar-refractivity contribution >= 4 is 0 Å². The minimum Gasteiger partial charge on any atom is -0.507 e. The van der Waals surface area contributed by atoms with E-state index < -0.39 is 6.10 Å². The maximum absolute atomic E-state index is 10.6. The van der Waals surface area contributed by atoms with Crippen molar-refractivity contribution in [2.24, 2.45) is 0 Å². The van der Waals surface area contributed by atoms with Crippen molar-refractivity contribution in [3.63, 3.8) is 0 Å². The second kappa shape index (κ2) is 6.34. The molecule has 1 saturated heterocycles. The van der Waals surface area contributed by atoms with E-state index in [4.69, 9.17) is 0 Å². The second-order valence-corrected chi connectivity index (χ2v) is 7.07. The summed E-state index contributed by atoms with van der Waals surface area (Å²) in [4.78, 5) is 2.24. The molecule has 1 aliphatic rings. The highest BCUT2D eigenvalue weighted by molar-refractivity contribution is 5.47. The maximum atomic E-state index is 10.6. The summed E-state index contributed by atoms with van der Waals surface area (Å²) >= 11 is 0. The third-order valence-electron chi connectivity index (χ3n) is 4.09. The molecule has 4 nitrogen and oxygen atoms in total. The van der Waals surface area contributed by atoms with E-state index in [1.165, 1.54) is 0 Å². The molecule has 0 spiro atoms. The summed E-state index contributed by atoms with van der Waals surface area (Å²) in [5.74, 6) is 0.246. The number of nitrogens with zero attached hydrogens (tertiary/aromatic N) is 1. The van der Waals surface area contributed by atoms with Gasteiger partial charge in [-0.25, -0.2) is 0 Å². The third-order valence-corrected chi connectivity index (χ3v) is 4.09. The molecule has 118 valence electrons. The summed E-state index contributed by atoms with van der Waals surface area (Å²) in [6.45, 7) is 12.6. The number of phenolic OH excluding ortho intramolecular Hbond substituents is 1. The number of nitrogens with one attached hydrogen (secondary N) is 1. The fourth-order valence-electron chi connectivity index (χ4n) is 2.87. The van der Waals surface area contributed by atoms with Gasteiger partial charge in [0.1, 0.15) is 5.75 Å². The molecule has 1 aromatic rings. The van der Waals surface area contributed by atoms with Crippen LogP contribution in [0.2, 0.25) is 0 Å². The van der Waals surface area contributed by atoms with E-state index in [0.29, 0.717) is 12.1 Å². The first-order valence-corrected chi connectivity index (χ1v) is 7.74. The molecule has 0 amide bonds. The normalized spacial score (nSPS) is 18.7. The van der Waals surface area contributed by atoms with Gasteiger partial charge in [-0.1, -0.05) is 32.4 Å². The van der Waals surface area contributed by atoms with E-state index in [1.54, 1.807) is 0 Å². The Balaban J connectivity index is 2.23. The lowest BCUT2D eigenvalue weighted by Gasteiger charge is -2.30. The van der Waals surface area contributed by atoms with Gasteiger partial charge < -0.3 is 15.5 Å². The van der Waals surface area contributed by atoms with E-state index in [1.807, 2.05) is 19.1 Å². The Labute approximate surface area is 127 Å². The van der Waals surface area contributed by atoms with Gasteiger partial charge in [0.15, 0.2) is 0 Å². The summed E-state index contributed by atoms with van der Waals surface area (Å²) in [5.41, 5.74) is 2.49. The van der Waals surface area contributed by atoms with Crippen molar-refractivity contribution in [2.75, 3.05) is 32.7 Å². The lowest BCUT2D eigenvalue weighted by Crippen LogP contribution is -2.45. The molecule has 1 aromatic carbocycles. The SMILES string of the molecule is Cc1cc(C(O)CN2CCNCC2)c(O)c(C(C)(C)C)c1. The highest BCUT2D eigenvalue weighted by atomic mass is 16.3. The van der Waals surface area contributed by atoms with Gasteiger partial charge in [0, 0.05) is 38.3 Å². The van der Waals surface area contributed by atoms with Crippen LogP contribution in [0.1, 0.15) is 43.6 Å². The summed E-state index contributed by atoms with van der Waals surface area (Å²) in [6, 6.07) is 3.91. The molecule has 4 heteroatoms. The number of β-amino-alcohol motifs (C(OH)–C–C–N with tert-alkyl or cyclic N) is 1. The lowest BCUT2D eigenvalue weighted by molar-refractivity contribution is 0.103. The Morgan fingerprint density at radius 3 is 2.43 bits per heavy atom. The van der Waals surface area contributed by atoms with Crippen molar-refractivity contribution in [1.82, 2.24) is 10.2 Å². The highest BCUT2D eigenvalue weighted by Crippen LogP contribution is 2.37. The van der Waals surface area contributed by atoms with Crippen LogP contribution in [0.5, 0.6) is 5.75 Å². The minimum absolute atomic E-state index is 0.139.